The van der Waals surface area contributed by atoms with Gasteiger partial charge in [0.25, 0.3) is 0 Å². The molecule has 1 fully saturated rings. The summed E-state index contributed by atoms with van der Waals surface area (Å²) in [5.41, 5.74) is 1.09. The summed E-state index contributed by atoms with van der Waals surface area (Å²) in [5.74, 6) is 1.68. The fraction of sp³-hybridized carbons (Fsp3) is 0.474. The van der Waals surface area contributed by atoms with E-state index in [1.54, 1.807) is 4.68 Å². The lowest BCUT2D eigenvalue weighted by Gasteiger charge is -2.34. The van der Waals surface area contributed by atoms with Crippen molar-refractivity contribution < 1.29 is 9.47 Å². The minimum absolute atomic E-state index is 0. The average Bonchev–Trinajstić information content (AvgIpc) is 3.12. The summed E-state index contributed by atoms with van der Waals surface area (Å²) in [6.45, 7) is 6.17. The highest BCUT2D eigenvalue weighted by Gasteiger charge is 2.25. The number of aliphatic imine (C=N–C) groups is 1. The summed E-state index contributed by atoms with van der Waals surface area (Å²) < 4.78 is 13.4. The number of guanidine groups is 1. The van der Waals surface area contributed by atoms with Crippen LogP contribution in [0.2, 0.25) is 5.02 Å². The second-order valence-electron chi connectivity index (χ2n) is 6.29. The Labute approximate surface area is 188 Å². The first-order valence-corrected chi connectivity index (χ1v) is 9.55. The van der Waals surface area contributed by atoms with Gasteiger partial charge in [0.2, 0.25) is 0 Å². The zero-order valence-electron chi connectivity index (χ0n) is 16.2. The van der Waals surface area contributed by atoms with Crippen LogP contribution in [0.4, 0.5) is 0 Å². The van der Waals surface area contributed by atoms with Gasteiger partial charge in [-0.25, -0.2) is 4.99 Å². The molecule has 0 aliphatic carbocycles. The third-order valence-electron chi connectivity index (χ3n) is 4.23. The quantitative estimate of drug-likeness (QED) is 0.275. The number of rotatable bonds is 6. The van der Waals surface area contributed by atoms with E-state index in [-0.39, 0.29) is 30.1 Å². The summed E-state index contributed by atoms with van der Waals surface area (Å²) in [5, 5.41) is 8.30. The zero-order chi connectivity index (χ0) is 19.1. The predicted octanol–water partition coefficient (Wildman–Crippen LogP) is 3.11. The van der Waals surface area contributed by atoms with E-state index in [0.29, 0.717) is 24.8 Å². The van der Waals surface area contributed by atoms with Crippen molar-refractivity contribution in [2.24, 2.45) is 12.0 Å². The number of aromatic nitrogens is 2. The van der Waals surface area contributed by atoms with E-state index in [9.17, 15) is 0 Å². The number of halogens is 2. The molecule has 154 valence electrons. The Morgan fingerprint density at radius 2 is 2.18 bits per heavy atom. The highest BCUT2D eigenvalue weighted by atomic mass is 127. The van der Waals surface area contributed by atoms with E-state index in [0.717, 1.165) is 36.9 Å². The Hall–Kier alpha value is -1.52. The van der Waals surface area contributed by atoms with Gasteiger partial charge >= 0.3 is 0 Å². The third-order valence-corrected chi connectivity index (χ3v) is 4.48. The average molecular weight is 520 g/mol. The first-order chi connectivity index (χ1) is 13.2. The number of hydrogen-bond donors (Lipinski definition) is 1. The maximum Gasteiger partial charge on any atom is 0.194 e. The smallest absolute Gasteiger partial charge is 0.194 e. The van der Waals surface area contributed by atoms with Gasteiger partial charge in [0, 0.05) is 36.9 Å². The maximum atomic E-state index is 5.92. The Morgan fingerprint density at radius 3 is 2.86 bits per heavy atom. The predicted molar refractivity (Wildman–Crippen MR) is 122 cm³/mol. The molecule has 7 nitrogen and oxygen atoms in total. The van der Waals surface area contributed by atoms with Crippen molar-refractivity contribution in [1.82, 2.24) is 20.0 Å². The van der Waals surface area contributed by atoms with Crippen LogP contribution < -0.4 is 10.1 Å². The van der Waals surface area contributed by atoms with Crippen molar-refractivity contribution in [3.05, 3.63) is 47.2 Å². The van der Waals surface area contributed by atoms with Crippen LogP contribution in [0.3, 0.4) is 0 Å². The Morgan fingerprint density at radius 1 is 1.39 bits per heavy atom. The lowest BCUT2D eigenvalue weighted by Crippen LogP contribution is -2.48. The molecule has 1 atom stereocenters. The SMILES string of the molecule is CCNC(=NCCOc1ccc(Cl)cc1)N1CCOC(c2cnn(C)c2)C1.I. The van der Waals surface area contributed by atoms with Crippen LogP contribution >= 0.6 is 35.6 Å². The molecule has 0 bridgehead atoms. The number of nitrogens with one attached hydrogen (secondary N) is 1. The monoisotopic (exact) mass is 519 g/mol. The van der Waals surface area contributed by atoms with Crippen molar-refractivity contribution in [3.8, 4) is 5.75 Å². The molecule has 0 saturated carbocycles. The van der Waals surface area contributed by atoms with Gasteiger partial charge in [0.1, 0.15) is 18.5 Å². The molecule has 2 heterocycles. The molecule has 1 aliphatic rings. The molecule has 1 N–H and O–H groups in total. The van der Waals surface area contributed by atoms with E-state index in [1.165, 1.54) is 0 Å². The molecular formula is C19H27ClIN5O2. The molecule has 0 radical (unpaired) electrons. The molecule has 1 unspecified atom stereocenters. The van der Waals surface area contributed by atoms with Crippen molar-refractivity contribution in [3.63, 3.8) is 0 Å². The Kier molecular flexibility index (Phi) is 9.33. The molecule has 9 heteroatoms. The number of morpholine rings is 1. The lowest BCUT2D eigenvalue weighted by molar-refractivity contribution is -0.00805. The highest BCUT2D eigenvalue weighted by molar-refractivity contribution is 14.0. The number of aryl methyl sites for hydroxylation is 1. The number of ether oxygens (including phenoxy) is 2. The van der Waals surface area contributed by atoms with Gasteiger partial charge in [0.15, 0.2) is 5.96 Å². The van der Waals surface area contributed by atoms with Crippen LogP contribution in [0.5, 0.6) is 5.75 Å². The van der Waals surface area contributed by atoms with Gasteiger partial charge in [-0.05, 0) is 31.2 Å². The summed E-state index contributed by atoms with van der Waals surface area (Å²) in [6, 6.07) is 7.35. The van der Waals surface area contributed by atoms with Crippen molar-refractivity contribution in [2.45, 2.75) is 13.0 Å². The Bertz CT molecular complexity index is 753. The van der Waals surface area contributed by atoms with Gasteiger partial charge < -0.3 is 19.7 Å². The first kappa shape index (κ1) is 22.8. The summed E-state index contributed by atoms with van der Waals surface area (Å²) in [6.07, 6.45) is 3.86. The lowest BCUT2D eigenvalue weighted by atomic mass is 10.1. The number of hydrogen-bond acceptors (Lipinski definition) is 4. The van der Waals surface area contributed by atoms with Gasteiger partial charge in [-0.2, -0.15) is 5.10 Å². The third kappa shape index (κ3) is 6.52. The van der Waals surface area contributed by atoms with Crippen molar-refractivity contribution >= 4 is 41.5 Å². The fourth-order valence-electron chi connectivity index (χ4n) is 2.92. The highest BCUT2D eigenvalue weighted by Crippen LogP contribution is 2.21. The van der Waals surface area contributed by atoms with E-state index in [1.807, 2.05) is 43.7 Å². The molecule has 1 aromatic carbocycles. The van der Waals surface area contributed by atoms with E-state index >= 15 is 0 Å². The van der Waals surface area contributed by atoms with Gasteiger partial charge in [-0.15, -0.1) is 24.0 Å². The molecular weight excluding hydrogens is 493 g/mol. The van der Waals surface area contributed by atoms with Crippen LogP contribution in [0.1, 0.15) is 18.6 Å². The minimum Gasteiger partial charge on any atom is -0.492 e. The molecule has 1 aliphatic heterocycles. The fourth-order valence-corrected chi connectivity index (χ4v) is 3.05. The van der Waals surface area contributed by atoms with E-state index in [4.69, 9.17) is 26.1 Å². The van der Waals surface area contributed by atoms with E-state index in [2.05, 4.69) is 22.2 Å². The van der Waals surface area contributed by atoms with Crippen LogP contribution in [-0.2, 0) is 11.8 Å². The standard InChI is InChI=1S/C19H26ClN5O2.HI/c1-3-21-19(22-8-10-26-17-6-4-16(20)5-7-17)25-9-11-27-18(14-25)15-12-23-24(2)13-15;/h4-7,12-13,18H,3,8-11,14H2,1-2H3,(H,21,22);1H. The van der Waals surface area contributed by atoms with Crippen LogP contribution in [-0.4, -0.2) is 60.0 Å². The summed E-state index contributed by atoms with van der Waals surface area (Å²) in [7, 11) is 1.91. The molecule has 3 rings (SSSR count). The number of benzene rings is 1. The zero-order valence-corrected chi connectivity index (χ0v) is 19.3. The molecule has 28 heavy (non-hydrogen) atoms. The maximum absolute atomic E-state index is 5.92. The number of nitrogens with zero attached hydrogens (tertiary/aromatic N) is 4. The summed E-state index contributed by atoms with van der Waals surface area (Å²) >= 11 is 5.89. The van der Waals surface area contributed by atoms with Crippen molar-refractivity contribution in [2.75, 3.05) is 39.4 Å². The normalized spacial score (nSPS) is 17.2. The van der Waals surface area contributed by atoms with Crippen LogP contribution in [0, 0.1) is 0 Å². The summed E-state index contributed by atoms with van der Waals surface area (Å²) in [4.78, 5) is 6.94. The van der Waals surface area contributed by atoms with Crippen LogP contribution in [0.25, 0.3) is 0 Å². The van der Waals surface area contributed by atoms with E-state index < -0.39 is 0 Å². The second-order valence-corrected chi connectivity index (χ2v) is 6.73. The minimum atomic E-state index is 0. The first-order valence-electron chi connectivity index (χ1n) is 9.17. The Balaban J connectivity index is 0.00000280. The largest absolute Gasteiger partial charge is 0.492 e. The van der Waals surface area contributed by atoms with Gasteiger partial charge in [0.05, 0.1) is 25.9 Å². The van der Waals surface area contributed by atoms with Crippen LogP contribution in [0.15, 0.2) is 41.7 Å². The second kappa shape index (κ2) is 11.5. The van der Waals surface area contributed by atoms with Gasteiger partial charge in [-0.3, -0.25) is 4.68 Å². The molecule has 2 aromatic rings. The van der Waals surface area contributed by atoms with Crippen molar-refractivity contribution in [1.29, 1.82) is 0 Å². The molecule has 1 aromatic heterocycles. The molecule has 0 amide bonds. The molecule has 1 saturated heterocycles. The topological polar surface area (TPSA) is 63.9 Å². The van der Waals surface area contributed by atoms with Gasteiger partial charge in [-0.1, -0.05) is 11.6 Å². The molecule has 0 spiro atoms.